The maximum absolute atomic E-state index is 11.7. The molecule has 1 aromatic carbocycles. The molecular formula is C14H22Cl2N2O2S. The van der Waals surface area contributed by atoms with E-state index in [1.54, 1.807) is 6.92 Å². The minimum absolute atomic E-state index is 0. The Morgan fingerprint density at radius 1 is 1.38 bits per heavy atom. The second-order valence-electron chi connectivity index (χ2n) is 5.01. The van der Waals surface area contributed by atoms with Crippen LogP contribution in [0.1, 0.15) is 18.5 Å². The Labute approximate surface area is 138 Å². The van der Waals surface area contributed by atoms with E-state index in [-0.39, 0.29) is 30.0 Å². The molecule has 0 amide bonds. The molecular weight excluding hydrogens is 331 g/mol. The summed E-state index contributed by atoms with van der Waals surface area (Å²) in [4.78, 5) is 2.21. The highest BCUT2D eigenvalue weighted by atomic mass is 35.5. The minimum atomic E-state index is -2.93. The third-order valence-electron chi connectivity index (χ3n) is 3.75. The summed E-state index contributed by atoms with van der Waals surface area (Å²) in [7, 11) is -2.93. The number of piperazine rings is 1. The van der Waals surface area contributed by atoms with Crippen LogP contribution in [-0.4, -0.2) is 51.0 Å². The smallest absolute Gasteiger partial charge is 0.151 e. The van der Waals surface area contributed by atoms with Crippen LogP contribution in [-0.2, 0) is 9.84 Å². The summed E-state index contributed by atoms with van der Waals surface area (Å²) >= 11 is 6.27. The average Bonchev–Trinajstić information content (AvgIpc) is 2.46. The van der Waals surface area contributed by atoms with Crippen molar-refractivity contribution in [3.63, 3.8) is 0 Å². The zero-order valence-corrected chi connectivity index (χ0v) is 14.5. The van der Waals surface area contributed by atoms with Gasteiger partial charge in [0.1, 0.15) is 0 Å². The lowest BCUT2D eigenvalue weighted by molar-refractivity contribution is 0.172. The van der Waals surface area contributed by atoms with Gasteiger partial charge in [-0.1, -0.05) is 36.7 Å². The van der Waals surface area contributed by atoms with Crippen molar-refractivity contribution in [1.29, 1.82) is 0 Å². The van der Waals surface area contributed by atoms with Gasteiger partial charge >= 0.3 is 0 Å². The van der Waals surface area contributed by atoms with Crippen molar-refractivity contribution in [2.75, 3.05) is 37.7 Å². The van der Waals surface area contributed by atoms with Crippen LogP contribution in [0.4, 0.5) is 0 Å². The first-order valence-electron chi connectivity index (χ1n) is 6.93. The second kappa shape index (κ2) is 8.34. The SMILES string of the molecule is CCS(=O)(=O)CCN1CCNCC1c1ccccc1Cl.Cl. The lowest BCUT2D eigenvalue weighted by atomic mass is 10.0. The molecule has 1 fully saturated rings. The van der Waals surface area contributed by atoms with Gasteiger partial charge in [-0.05, 0) is 11.6 Å². The van der Waals surface area contributed by atoms with Crippen molar-refractivity contribution in [2.24, 2.45) is 0 Å². The Balaban J connectivity index is 0.00000220. The van der Waals surface area contributed by atoms with Crippen LogP contribution in [0.5, 0.6) is 0 Å². The molecule has 0 spiro atoms. The van der Waals surface area contributed by atoms with Crippen LogP contribution in [0.25, 0.3) is 0 Å². The number of hydrogen-bond acceptors (Lipinski definition) is 4. The van der Waals surface area contributed by atoms with E-state index in [0.717, 1.165) is 30.2 Å². The lowest BCUT2D eigenvalue weighted by Crippen LogP contribution is -2.47. The number of benzene rings is 1. The first kappa shape index (κ1) is 18.7. The van der Waals surface area contributed by atoms with Gasteiger partial charge in [0.2, 0.25) is 0 Å². The normalized spacial score (nSPS) is 20.0. The van der Waals surface area contributed by atoms with E-state index >= 15 is 0 Å². The summed E-state index contributed by atoms with van der Waals surface area (Å²) in [5.74, 6) is 0.417. The van der Waals surface area contributed by atoms with Gasteiger partial charge in [0.15, 0.2) is 9.84 Å². The molecule has 7 heteroatoms. The Bertz CT molecular complexity index is 552. The van der Waals surface area contributed by atoms with Gasteiger partial charge in [0, 0.05) is 43.0 Å². The van der Waals surface area contributed by atoms with Gasteiger partial charge in [0.05, 0.1) is 5.75 Å². The van der Waals surface area contributed by atoms with Crippen LogP contribution in [0, 0.1) is 0 Å². The molecule has 1 aromatic rings. The number of rotatable bonds is 5. The fraction of sp³-hybridized carbons (Fsp3) is 0.571. The first-order valence-corrected chi connectivity index (χ1v) is 9.13. The molecule has 0 aliphatic carbocycles. The summed E-state index contributed by atoms with van der Waals surface area (Å²) in [6, 6.07) is 7.92. The average molecular weight is 353 g/mol. The quantitative estimate of drug-likeness (QED) is 0.881. The van der Waals surface area contributed by atoms with Crippen LogP contribution >= 0.6 is 24.0 Å². The Kier molecular flexibility index (Phi) is 7.44. The largest absolute Gasteiger partial charge is 0.314 e. The molecule has 1 heterocycles. The third-order valence-corrected chi connectivity index (χ3v) is 5.78. The number of hydrogen-bond donors (Lipinski definition) is 1. The van der Waals surface area contributed by atoms with Gasteiger partial charge in [-0.25, -0.2) is 8.42 Å². The highest BCUT2D eigenvalue weighted by Gasteiger charge is 2.26. The number of nitrogens with one attached hydrogen (secondary N) is 1. The Morgan fingerprint density at radius 3 is 2.76 bits per heavy atom. The fourth-order valence-corrected chi connectivity index (χ4v) is 3.53. The van der Waals surface area contributed by atoms with E-state index in [9.17, 15) is 8.42 Å². The van der Waals surface area contributed by atoms with Gasteiger partial charge in [-0.2, -0.15) is 0 Å². The molecule has 1 saturated heterocycles. The second-order valence-corrected chi connectivity index (χ2v) is 7.89. The fourth-order valence-electron chi connectivity index (χ4n) is 2.47. The van der Waals surface area contributed by atoms with Crippen molar-refractivity contribution in [3.05, 3.63) is 34.9 Å². The molecule has 1 unspecified atom stereocenters. The molecule has 2 rings (SSSR count). The van der Waals surface area contributed by atoms with E-state index in [2.05, 4.69) is 10.2 Å². The topological polar surface area (TPSA) is 49.4 Å². The molecule has 120 valence electrons. The summed E-state index contributed by atoms with van der Waals surface area (Å²) in [5, 5.41) is 4.09. The third kappa shape index (κ3) is 5.11. The van der Waals surface area contributed by atoms with Crippen molar-refractivity contribution in [3.8, 4) is 0 Å². The number of halogens is 2. The molecule has 21 heavy (non-hydrogen) atoms. The predicted octanol–water partition coefficient (Wildman–Crippen LogP) is 2.14. The standard InChI is InChI=1S/C14H21ClN2O2S.ClH/c1-2-20(18,19)10-9-17-8-7-16-11-14(17)12-5-3-4-6-13(12)15;/h3-6,14,16H,2,7-11H2,1H3;1H. The molecule has 1 atom stereocenters. The van der Waals surface area contributed by atoms with E-state index in [1.165, 1.54) is 0 Å². The van der Waals surface area contributed by atoms with Crippen molar-refractivity contribution in [2.45, 2.75) is 13.0 Å². The van der Waals surface area contributed by atoms with Gasteiger partial charge in [0.25, 0.3) is 0 Å². The summed E-state index contributed by atoms with van der Waals surface area (Å²) in [5.41, 5.74) is 1.07. The molecule has 0 aromatic heterocycles. The van der Waals surface area contributed by atoms with Crippen LogP contribution in [0.15, 0.2) is 24.3 Å². The molecule has 1 aliphatic heterocycles. The maximum atomic E-state index is 11.7. The van der Waals surface area contributed by atoms with Gasteiger partial charge < -0.3 is 5.32 Å². The van der Waals surface area contributed by atoms with Gasteiger partial charge in [-0.3, -0.25) is 4.90 Å². The van der Waals surface area contributed by atoms with Crippen molar-refractivity contribution in [1.82, 2.24) is 10.2 Å². The van der Waals surface area contributed by atoms with Gasteiger partial charge in [-0.15, -0.1) is 12.4 Å². The Morgan fingerprint density at radius 2 is 2.10 bits per heavy atom. The van der Waals surface area contributed by atoms with Crippen molar-refractivity contribution >= 4 is 33.8 Å². The van der Waals surface area contributed by atoms with E-state index in [1.807, 2.05) is 24.3 Å². The summed E-state index contributed by atoms with van der Waals surface area (Å²) in [6.07, 6.45) is 0. The Hall–Kier alpha value is -0.330. The zero-order valence-electron chi connectivity index (χ0n) is 12.1. The molecule has 0 radical (unpaired) electrons. The minimum Gasteiger partial charge on any atom is -0.314 e. The molecule has 0 bridgehead atoms. The lowest BCUT2D eigenvalue weighted by Gasteiger charge is -2.36. The number of sulfone groups is 1. The molecule has 1 N–H and O–H groups in total. The van der Waals surface area contributed by atoms with Crippen LogP contribution < -0.4 is 5.32 Å². The summed E-state index contributed by atoms with van der Waals surface area (Å²) < 4.78 is 23.4. The molecule has 4 nitrogen and oxygen atoms in total. The number of nitrogens with zero attached hydrogens (tertiary/aromatic N) is 1. The first-order chi connectivity index (χ1) is 9.53. The van der Waals surface area contributed by atoms with E-state index in [0.29, 0.717) is 6.54 Å². The van der Waals surface area contributed by atoms with E-state index < -0.39 is 9.84 Å². The monoisotopic (exact) mass is 352 g/mol. The maximum Gasteiger partial charge on any atom is 0.151 e. The zero-order chi connectivity index (χ0) is 14.6. The highest BCUT2D eigenvalue weighted by Crippen LogP contribution is 2.28. The van der Waals surface area contributed by atoms with Crippen molar-refractivity contribution < 1.29 is 8.42 Å². The highest BCUT2D eigenvalue weighted by molar-refractivity contribution is 7.91. The summed E-state index contributed by atoms with van der Waals surface area (Å²) in [6.45, 7) is 4.78. The van der Waals surface area contributed by atoms with Crippen LogP contribution in [0.3, 0.4) is 0 Å². The van der Waals surface area contributed by atoms with Crippen LogP contribution in [0.2, 0.25) is 5.02 Å². The molecule has 0 saturated carbocycles. The molecule has 1 aliphatic rings. The predicted molar refractivity (Wildman–Crippen MR) is 90.2 cm³/mol. The van der Waals surface area contributed by atoms with E-state index in [4.69, 9.17) is 11.6 Å².